The van der Waals surface area contributed by atoms with Gasteiger partial charge in [0.1, 0.15) is 6.29 Å². The van der Waals surface area contributed by atoms with Gasteiger partial charge in [0.25, 0.3) is 0 Å². The number of carbonyl (C=O) groups excluding carboxylic acids is 1. The minimum absolute atomic E-state index is 0.00114. The molecule has 0 saturated heterocycles. The average Bonchev–Trinajstić information content (AvgIpc) is 2.49. The normalized spacial score (nSPS) is 13.9. The summed E-state index contributed by atoms with van der Waals surface area (Å²) in [6.07, 6.45) is 7.99. The Hall–Kier alpha value is -1.15. The van der Waals surface area contributed by atoms with E-state index in [0.29, 0.717) is 0 Å². The highest BCUT2D eigenvalue weighted by molar-refractivity contribution is 5.62. The molecule has 112 valence electrons. The van der Waals surface area contributed by atoms with E-state index in [-0.39, 0.29) is 12.0 Å². The smallest absolute Gasteiger partial charge is 0.127 e. The molecule has 2 unspecified atom stereocenters. The molecule has 0 aliphatic heterocycles. The third-order valence-electron chi connectivity index (χ3n) is 3.86. The molecule has 2 atom stereocenters. The lowest BCUT2D eigenvalue weighted by molar-refractivity contribution is -0.109. The van der Waals surface area contributed by atoms with Crippen LogP contribution in [0.25, 0.3) is 0 Å². The molecule has 1 N–H and O–H groups in total. The first-order valence-corrected chi connectivity index (χ1v) is 7.96. The molecule has 0 aliphatic carbocycles. The summed E-state index contributed by atoms with van der Waals surface area (Å²) in [5.74, 6) is 0.00114. The number of carbonyl (C=O) groups is 1. The summed E-state index contributed by atoms with van der Waals surface area (Å²) in [5.41, 5.74) is 2.03. The first-order valence-electron chi connectivity index (χ1n) is 7.96. The Labute approximate surface area is 123 Å². The second-order valence-electron chi connectivity index (χ2n) is 5.56. The van der Waals surface area contributed by atoms with Crippen LogP contribution >= 0.6 is 0 Å². The molecule has 1 aromatic rings. The van der Waals surface area contributed by atoms with Crippen LogP contribution in [-0.4, -0.2) is 11.4 Å². The molecule has 2 nitrogen and oxygen atoms in total. The van der Waals surface area contributed by atoms with Crippen molar-refractivity contribution in [3.8, 4) is 0 Å². The van der Waals surface area contributed by atoms with Crippen molar-refractivity contribution in [2.24, 2.45) is 0 Å². The molecule has 1 aromatic carbocycles. The van der Waals surface area contributed by atoms with Crippen LogP contribution in [0.15, 0.2) is 24.3 Å². The lowest BCUT2D eigenvalue weighted by atomic mass is 9.93. The van der Waals surface area contributed by atoms with E-state index < -0.39 is 0 Å². The number of unbranched alkanes of at least 4 members (excludes halogenated alkanes) is 3. The van der Waals surface area contributed by atoms with E-state index in [9.17, 15) is 9.90 Å². The van der Waals surface area contributed by atoms with E-state index in [2.05, 4.69) is 13.8 Å². The molecule has 0 aromatic heterocycles. The lowest BCUT2D eigenvalue weighted by Gasteiger charge is -2.14. The molecular formula is C18H28O2. The van der Waals surface area contributed by atoms with Gasteiger partial charge in [-0.25, -0.2) is 0 Å². The summed E-state index contributed by atoms with van der Waals surface area (Å²) in [6.45, 7) is 4.30. The quantitative estimate of drug-likeness (QED) is 0.493. The molecule has 0 bridgehead atoms. The maximum Gasteiger partial charge on any atom is 0.127 e. The van der Waals surface area contributed by atoms with Crippen LogP contribution < -0.4 is 0 Å². The van der Waals surface area contributed by atoms with Gasteiger partial charge in [0, 0.05) is 5.92 Å². The third-order valence-corrected chi connectivity index (χ3v) is 3.86. The molecule has 0 spiro atoms. The molecule has 1 rings (SSSR count). The Morgan fingerprint density at radius 2 is 1.55 bits per heavy atom. The van der Waals surface area contributed by atoms with E-state index in [1.165, 1.54) is 12.8 Å². The highest BCUT2D eigenvalue weighted by Crippen LogP contribution is 2.24. The summed E-state index contributed by atoms with van der Waals surface area (Å²) in [6, 6.07) is 7.92. The van der Waals surface area contributed by atoms with Gasteiger partial charge in [-0.15, -0.1) is 0 Å². The fraction of sp³-hybridized carbons (Fsp3) is 0.611. The molecule has 0 radical (unpaired) electrons. The highest BCUT2D eigenvalue weighted by Gasteiger charge is 2.11. The fourth-order valence-electron chi connectivity index (χ4n) is 2.46. The van der Waals surface area contributed by atoms with Crippen LogP contribution in [0, 0.1) is 0 Å². The molecule has 0 aliphatic rings. The van der Waals surface area contributed by atoms with Crippen LogP contribution in [0.2, 0.25) is 0 Å². The van der Waals surface area contributed by atoms with E-state index >= 15 is 0 Å². The van der Waals surface area contributed by atoms with Crippen molar-refractivity contribution in [2.75, 3.05) is 0 Å². The summed E-state index contributed by atoms with van der Waals surface area (Å²) < 4.78 is 0. The van der Waals surface area contributed by atoms with E-state index in [1.54, 1.807) is 0 Å². The van der Waals surface area contributed by atoms with Crippen molar-refractivity contribution in [1.82, 2.24) is 0 Å². The Morgan fingerprint density at radius 1 is 0.950 bits per heavy atom. The van der Waals surface area contributed by atoms with Crippen molar-refractivity contribution in [2.45, 2.75) is 70.8 Å². The molecule has 0 amide bonds. The molecule has 2 heteroatoms. The largest absolute Gasteiger partial charge is 0.388 e. The zero-order valence-corrected chi connectivity index (χ0v) is 12.8. The van der Waals surface area contributed by atoms with Crippen LogP contribution in [0.1, 0.15) is 81.9 Å². The van der Waals surface area contributed by atoms with E-state index in [4.69, 9.17) is 0 Å². The van der Waals surface area contributed by atoms with Crippen molar-refractivity contribution in [3.05, 3.63) is 35.4 Å². The number of aliphatic hydroxyl groups is 1. The maximum atomic E-state index is 11.2. The molecule has 0 heterocycles. The van der Waals surface area contributed by atoms with Gasteiger partial charge in [0.15, 0.2) is 0 Å². The number of hydrogen-bond donors (Lipinski definition) is 1. The van der Waals surface area contributed by atoms with Crippen LogP contribution in [0.3, 0.4) is 0 Å². The van der Waals surface area contributed by atoms with Gasteiger partial charge >= 0.3 is 0 Å². The Morgan fingerprint density at radius 3 is 2.10 bits per heavy atom. The molecule has 20 heavy (non-hydrogen) atoms. The third kappa shape index (κ3) is 5.46. The lowest BCUT2D eigenvalue weighted by Crippen LogP contribution is -2.02. The van der Waals surface area contributed by atoms with Crippen LogP contribution in [-0.2, 0) is 4.79 Å². The first-order chi connectivity index (χ1) is 9.72. The number of aliphatic hydroxyl groups excluding tert-OH is 1. The predicted molar refractivity (Wildman–Crippen MR) is 83.9 cm³/mol. The van der Waals surface area contributed by atoms with Crippen molar-refractivity contribution in [1.29, 1.82) is 0 Å². The Kier molecular flexibility index (Phi) is 8.20. The topological polar surface area (TPSA) is 37.3 Å². The number of hydrogen-bond acceptors (Lipinski definition) is 2. The van der Waals surface area contributed by atoms with Crippen molar-refractivity contribution >= 4 is 6.29 Å². The highest BCUT2D eigenvalue weighted by atomic mass is 16.3. The molecular weight excluding hydrogens is 248 g/mol. The van der Waals surface area contributed by atoms with Crippen LogP contribution in [0.4, 0.5) is 0 Å². The predicted octanol–water partition coefficient (Wildman–Crippen LogP) is 4.77. The van der Waals surface area contributed by atoms with E-state index in [0.717, 1.165) is 49.5 Å². The average molecular weight is 276 g/mol. The minimum atomic E-state index is -0.374. The first kappa shape index (κ1) is 16.9. The standard InChI is InChI=1S/C18H28O2/c1-3-5-7-9-18(20)16-12-10-15(11-13-16)17(14-19)8-6-4-2/h10-14,17-18,20H,3-9H2,1-2H3. The number of rotatable bonds is 10. The Bertz CT molecular complexity index is 370. The molecule has 0 fully saturated rings. The number of benzene rings is 1. The van der Waals surface area contributed by atoms with E-state index in [1.807, 2.05) is 24.3 Å². The second kappa shape index (κ2) is 9.71. The summed E-state index contributed by atoms with van der Waals surface area (Å²) in [7, 11) is 0. The fourth-order valence-corrected chi connectivity index (χ4v) is 2.46. The maximum absolute atomic E-state index is 11.2. The molecule has 0 saturated carbocycles. The van der Waals surface area contributed by atoms with Gasteiger partial charge < -0.3 is 9.90 Å². The van der Waals surface area contributed by atoms with Gasteiger partial charge in [0.2, 0.25) is 0 Å². The Balaban J connectivity index is 2.59. The summed E-state index contributed by atoms with van der Waals surface area (Å²) in [5, 5.41) is 10.1. The second-order valence-corrected chi connectivity index (χ2v) is 5.56. The van der Waals surface area contributed by atoms with Gasteiger partial charge in [-0.2, -0.15) is 0 Å². The van der Waals surface area contributed by atoms with Gasteiger partial charge in [0.05, 0.1) is 6.10 Å². The zero-order valence-electron chi connectivity index (χ0n) is 12.8. The summed E-state index contributed by atoms with van der Waals surface area (Å²) in [4.78, 5) is 11.2. The summed E-state index contributed by atoms with van der Waals surface area (Å²) >= 11 is 0. The number of aldehydes is 1. The van der Waals surface area contributed by atoms with Gasteiger partial charge in [-0.1, -0.05) is 70.2 Å². The monoisotopic (exact) mass is 276 g/mol. The van der Waals surface area contributed by atoms with Gasteiger partial charge in [-0.3, -0.25) is 0 Å². The zero-order chi connectivity index (χ0) is 14.8. The van der Waals surface area contributed by atoms with Crippen molar-refractivity contribution in [3.63, 3.8) is 0 Å². The van der Waals surface area contributed by atoms with Crippen molar-refractivity contribution < 1.29 is 9.90 Å². The SMILES string of the molecule is CCCCCC(O)c1ccc(C(C=O)CCCC)cc1. The minimum Gasteiger partial charge on any atom is -0.388 e. The van der Waals surface area contributed by atoms with Crippen LogP contribution in [0.5, 0.6) is 0 Å². The van der Waals surface area contributed by atoms with Gasteiger partial charge in [-0.05, 0) is 24.0 Å².